The zero-order chi connectivity index (χ0) is 15.1. The summed E-state index contributed by atoms with van der Waals surface area (Å²) in [4.78, 5) is 1.19. The van der Waals surface area contributed by atoms with Crippen molar-refractivity contribution in [1.82, 2.24) is 10.0 Å². The van der Waals surface area contributed by atoms with Gasteiger partial charge in [-0.05, 0) is 36.0 Å². The lowest BCUT2D eigenvalue weighted by molar-refractivity contribution is 0.581. The molecule has 0 saturated heterocycles. The first kappa shape index (κ1) is 16.2. The van der Waals surface area contributed by atoms with Gasteiger partial charge in [0.05, 0.1) is 5.75 Å². The highest BCUT2D eigenvalue weighted by Gasteiger charge is 2.11. The smallest absolute Gasteiger partial charge is 0.215 e. The Balaban J connectivity index is 1.85. The lowest BCUT2D eigenvalue weighted by Gasteiger charge is -2.07. The first-order valence-electron chi connectivity index (χ1n) is 6.81. The summed E-state index contributed by atoms with van der Waals surface area (Å²) >= 11 is 1.64. The van der Waals surface area contributed by atoms with Crippen LogP contribution in [0.2, 0.25) is 0 Å². The van der Waals surface area contributed by atoms with Gasteiger partial charge >= 0.3 is 0 Å². The van der Waals surface area contributed by atoms with E-state index in [9.17, 15) is 8.42 Å². The van der Waals surface area contributed by atoms with Crippen molar-refractivity contribution in [3.8, 4) is 0 Å². The van der Waals surface area contributed by atoms with Crippen LogP contribution in [0.3, 0.4) is 0 Å². The van der Waals surface area contributed by atoms with E-state index in [1.54, 1.807) is 11.3 Å². The Kier molecular flexibility index (Phi) is 5.93. The second-order valence-corrected chi connectivity index (χ2v) is 7.67. The molecule has 0 aliphatic heterocycles. The summed E-state index contributed by atoms with van der Waals surface area (Å²) in [5.74, 6) is 0.0251. The highest BCUT2D eigenvalue weighted by Crippen LogP contribution is 2.10. The standard InChI is InChI=1S/C15H20N2O2S2/c1-16-11-13-4-6-14(7-5-13)12-21(18,19)17-9-8-15-3-2-10-20-15/h2-7,10,16-17H,8-9,11-12H2,1H3. The summed E-state index contributed by atoms with van der Waals surface area (Å²) in [6.07, 6.45) is 0.734. The van der Waals surface area contributed by atoms with Gasteiger partial charge in [0.25, 0.3) is 0 Å². The van der Waals surface area contributed by atoms with Gasteiger partial charge in [0.2, 0.25) is 10.0 Å². The molecule has 114 valence electrons. The fourth-order valence-electron chi connectivity index (χ4n) is 2.01. The molecule has 0 radical (unpaired) electrons. The number of nitrogens with one attached hydrogen (secondary N) is 2. The monoisotopic (exact) mass is 324 g/mol. The highest BCUT2D eigenvalue weighted by atomic mass is 32.2. The fraction of sp³-hybridized carbons (Fsp3) is 0.333. The molecule has 0 bridgehead atoms. The van der Waals surface area contributed by atoms with Crippen LogP contribution in [-0.2, 0) is 28.7 Å². The molecule has 1 heterocycles. The summed E-state index contributed by atoms with van der Waals surface area (Å²) in [6, 6.07) is 11.6. The Morgan fingerprint density at radius 3 is 2.43 bits per heavy atom. The molecule has 2 N–H and O–H groups in total. The molecule has 4 nitrogen and oxygen atoms in total. The summed E-state index contributed by atoms with van der Waals surface area (Å²) in [5, 5.41) is 5.06. The van der Waals surface area contributed by atoms with Crippen molar-refractivity contribution in [2.24, 2.45) is 0 Å². The molecule has 0 spiro atoms. The average molecular weight is 324 g/mol. The third kappa shape index (κ3) is 5.59. The first-order valence-corrected chi connectivity index (χ1v) is 9.34. The van der Waals surface area contributed by atoms with Gasteiger partial charge in [0, 0.05) is 18.0 Å². The van der Waals surface area contributed by atoms with Gasteiger partial charge in [-0.3, -0.25) is 0 Å². The Morgan fingerprint density at radius 2 is 1.81 bits per heavy atom. The number of benzene rings is 1. The topological polar surface area (TPSA) is 58.2 Å². The van der Waals surface area contributed by atoms with Gasteiger partial charge in [-0.15, -0.1) is 11.3 Å². The molecule has 0 fully saturated rings. The van der Waals surface area contributed by atoms with Crippen LogP contribution in [0.4, 0.5) is 0 Å². The van der Waals surface area contributed by atoms with E-state index in [1.807, 2.05) is 48.8 Å². The third-order valence-corrected chi connectivity index (χ3v) is 5.33. The lowest BCUT2D eigenvalue weighted by Crippen LogP contribution is -2.27. The molecule has 1 aromatic heterocycles. The largest absolute Gasteiger partial charge is 0.316 e. The molecule has 0 aliphatic rings. The van der Waals surface area contributed by atoms with E-state index in [1.165, 1.54) is 4.88 Å². The van der Waals surface area contributed by atoms with Gasteiger partial charge in [0.1, 0.15) is 0 Å². The summed E-state index contributed by atoms with van der Waals surface area (Å²) < 4.78 is 26.7. The number of sulfonamides is 1. The molecule has 0 amide bonds. The molecule has 2 rings (SSSR count). The molecule has 0 saturated carbocycles. The molecule has 2 aromatic rings. The molecule has 0 aliphatic carbocycles. The predicted molar refractivity (Wildman–Crippen MR) is 87.9 cm³/mol. The summed E-state index contributed by atoms with van der Waals surface area (Å²) in [6.45, 7) is 1.23. The highest BCUT2D eigenvalue weighted by molar-refractivity contribution is 7.88. The maximum absolute atomic E-state index is 12.0. The van der Waals surface area contributed by atoms with E-state index in [2.05, 4.69) is 10.0 Å². The second kappa shape index (κ2) is 7.70. The van der Waals surface area contributed by atoms with Crippen molar-refractivity contribution >= 4 is 21.4 Å². The minimum atomic E-state index is -3.27. The van der Waals surface area contributed by atoms with E-state index in [0.29, 0.717) is 6.54 Å². The number of hydrogen-bond donors (Lipinski definition) is 2. The lowest BCUT2D eigenvalue weighted by atomic mass is 10.1. The molecular formula is C15H20N2O2S2. The Bertz CT molecular complexity index is 635. The first-order chi connectivity index (χ1) is 10.1. The Labute approximate surface area is 130 Å². The molecule has 0 unspecified atom stereocenters. The van der Waals surface area contributed by atoms with Crippen molar-refractivity contribution in [3.63, 3.8) is 0 Å². The minimum Gasteiger partial charge on any atom is -0.316 e. The van der Waals surface area contributed by atoms with Crippen LogP contribution in [-0.4, -0.2) is 22.0 Å². The number of rotatable bonds is 8. The summed E-state index contributed by atoms with van der Waals surface area (Å²) in [5.41, 5.74) is 1.95. The Morgan fingerprint density at radius 1 is 1.10 bits per heavy atom. The molecule has 1 aromatic carbocycles. The fourth-order valence-corrected chi connectivity index (χ4v) is 3.87. The van der Waals surface area contributed by atoms with Crippen LogP contribution in [0.15, 0.2) is 41.8 Å². The van der Waals surface area contributed by atoms with E-state index in [0.717, 1.165) is 24.1 Å². The quantitative estimate of drug-likeness (QED) is 0.782. The SMILES string of the molecule is CNCc1ccc(CS(=O)(=O)NCCc2cccs2)cc1. The van der Waals surface area contributed by atoms with Gasteiger partial charge in [-0.2, -0.15) is 0 Å². The van der Waals surface area contributed by atoms with Gasteiger partial charge in [-0.1, -0.05) is 30.3 Å². The zero-order valence-electron chi connectivity index (χ0n) is 12.0. The third-order valence-electron chi connectivity index (χ3n) is 3.03. The normalized spacial score (nSPS) is 11.7. The van der Waals surface area contributed by atoms with Crippen molar-refractivity contribution in [1.29, 1.82) is 0 Å². The van der Waals surface area contributed by atoms with E-state index < -0.39 is 10.0 Å². The second-order valence-electron chi connectivity index (χ2n) is 4.83. The molecule has 6 heteroatoms. The number of hydrogen-bond acceptors (Lipinski definition) is 4. The van der Waals surface area contributed by atoms with E-state index in [4.69, 9.17) is 0 Å². The van der Waals surface area contributed by atoms with Crippen LogP contribution in [0.1, 0.15) is 16.0 Å². The van der Waals surface area contributed by atoms with Crippen LogP contribution >= 0.6 is 11.3 Å². The molecule has 0 atom stereocenters. The van der Waals surface area contributed by atoms with E-state index in [-0.39, 0.29) is 5.75 Å². The van der Waals surface area contributed by atoms with Crippen molar-refractivity contribution in [3.05, 3.63) is 57.8 Å². The van der Waals surface area contributed by atoms with Crippen LogP contribution in [0.25, 0.3) is 0 Å². The average Bonchev–Trinajstić information content (AvgIpc) is 2.94. The van der Waals surface area contributed by atoms with Crippen molar-refractivity contribution in [2.75, 3.05) is 13.6 Å². The molecule has 21 heavy (non-hydrogen) atoms. The predicted octanol–water partition coefficient (Wildman–Crippen LogP) is 2.13. The molecular weight excluding hydrogens is 304 g/mol. The van der Waals surface area contributed by atoms with Crippen LogP contribution in [0.5, 0.6) is 0 Å². The van der Waals surface area contributed by atoms with Crippen molar-refractivity contribution in [2.45, 2.75) is 18.7 Å². The van der Waals surface area contributed by atoms with E-state index >= 15 is 0 Å². The van der Waals surface area contributed by atoms with Gasteiger partial charge in [-0.25, -0.2) is 13.1 Å². The van der Waals surface area contributed by atoms with Crippen LogP contribution < -0.4 is 10.0 Å². The summed E-state index contributed by atoms with van der Waals surface area (Å²) in [7, 11) is -1.39. The maximum atomic E-state index is 12.0. The number of thiophene rings is 1. The maximum Gasteiger partial charge on any atom is 0.215 e. The van der Waals surface area contributed by atoms with Gasteiger partial charge < -0.3 is 5.32 Å². The van der Waals surface area contributed by atoms with Gasteiger partial charge in [0.15, 0.2) is 0 Å². The zero-order valence-corrected chi connectivity index (χ0v) is 13.6. The van der Waals surface area contributed by atoms with Crippen LogP contribution in [0, 0.1) is 0 Å². The van der Waals surface area contributed by atoms with Crippen molar-refractivity contribution < 1.29 is 8.42 Å². The Hall–Kier alpha value is -1.21. The minimum absolute atomic E-state index is 0.0251.